The Bertz CT molecular complexity index is 696. The first kappa shape index (κ1) is 20.5. The number of fused-ring (bicyclic) bond motifs is 1. The van der Waals surface area contributed by atoms with Gasteiger partial charge in [-0.1, -0.05) is 36.8 Å². The maximum absolute atomic E-state index is 12.2. The van der Waals surface area contributed by atoms with Crippen LogP contribution in [0.25, 0.3) is 0 Å². The molecule has 3 unspecified atom stereocenters. The van der Waals surface area contributed by atoms with Crippen LogP contribution in [0.4, 0.5) is 0 Å². The number of benzene rings is 1. The second-order valence-electron chi connectivity index (χ2n) is 7.76. The number of esters is 2. The molecule has 5 atom stereocenters. The van der Waals surface area contributed by atoms with Gasteiger partial charge in [-0.15, -0.1) is 0 Å². The summed E-state index contributed by atoms with van der Waals surface area (Å²) >= 11 is 0. The summed E-state index contributed by atoms with van der Waals surface area (Å²) in [7, 11) is 0. The highest BCUT2D eigenvalue weighted by Gasteiger charge is 2.41. The molecule has 1 aromatic carbocycles. The lowest BCUT2D eigenvalue weighted by atomic mass is 9.96. The molecule has 152 valence electrons. The minimum atomic E-state index is -0.906. The molecule has 3 rings (SSSR count). The number of carboxylic acids is 1. The molecule has 3 N–H and O–H groups in total. The van der Waals surface area contributed by atoms with Crippen LogP contribution in [0, 0.1) is 5.92 Å². The van der Waals surface area contributed by atoms with Crippen molar-refractivity contribution in [3.63, 3.8) is 0 Å². The molecule has 2 fully saturated rings. The molecule has 1 aliphatic heterocycles. The van der Waals surface area contributed by atoms with Crippen LogP contribution in [0.5, 0.6) is 0 Å². The van der Waals surface area contributed by atoms with Gasteiger partial charge in [-0.3, -0.25) is 4.79 Å². The summed E-state index contributed by atoms with van der Waals surface area (Å²) in [5, 5.41) is 15.7. The Morgan fingerprint density at radius 2 is 2.00 bits per heavy atom. The SMILES string of the molecule is C[C@H](NCC[C@H](C(=O)O)c1ccccc1)C(=O)OC(=O)C1CC2CCCC2N1. The Labute approximate surface area is 164 Å². The van der Waals surface area contributed by atoms with Gasteiger partial charge in [-0.05, 0) is 50.6 Å². The Morgan fingerprint density at radius 1 is 1.25 bits per heavy atom. The average Bonchev–Trinajstić information content (AvgIpc) is 3.27. The van der Waals surface area contributed by atoms with E-state index >= 15 is 0 Å². The van der Waals surface area contributed by atoms with Gasteiger partial charge >= 0.3 is 17.9 Å². The minimum Gasteiger partial charge on any atom is -0.481 e. The van der Waals surface area contributed by atoms with Crippen molar-refractivity contribution in [2.75, 3.05) is 6.54 Å². The molecule has 0 bridgehead atoms. The molecule has 1 saturated heterocycles. The second kappa shape index (κ2) is 9.30. The summed E-state index contributed by atoms with van der Waals surface area (Å²) in [6, 6.07) is 8.27. The van der Waals surface area contributed by atoms with Gasteiger partial charge in [0.05, 0.1) is 5.92 Å². The van der Waals surface area contributed by atoms with Crippen molar-refractivity contribution in [1.29, 1.82) is 0 Å². The third kappa shape index (κ3) is 4.97. The van der Waals surface area contributed by atoms with Gasteiger partial charge in [-0.2, -0.15) is 0 Å². The van der Waals surface area contributed by atoms with Crippen LogP contribution in [0.2, 0.25) is 0 Å². The summed E-state index contributed by atoms with van der Waals surface area (Å²) < 4.78 is 5.03. The number of hydrogen-bond donors (Lipinski definition) is 3. The standard InChI is InChI=1S/C21H28N2O5/c1-13(22-11-10-16(19(24)25)14-6-3-2-4-7-14)20(26)28-21(27)18-12-15-8-5-9-17(15)23-18/h2-4,6-7,13,15-18,22-23H,5,8-12H2,1H3,(H,24,25)/t13-,15?,16-,17?,18?/m0/s1. The lowest BCUT2D eigenvalue weighted by molar-refractivity contribution is -0.162. The van der Waals surface area contributed by atoms with E-state index in [1.165, 1.54) is 6.42 Å². The molecule has 7 heteroatoms. The Morgan fingerprint density at radius 3 is 2.68 bits per heavy atom. The lowest BCUT2D eigenvalue weighted by Crippen LogP contribution is -2.42. The Balaban J connectivity index is 1.42. The van der Waals surface area contributed by atoms with E-state index in [0.29, 0.717) is 24.9 Å². The van der Waals surface area contributed by atoms with E-state index in [1.807, 2.05) is 6.07 Å². The third-order valence-electron chi connectivity index (χ3n) is 5.84. The minimum absolute atomic E-state index is 0.322. The zero-order valence-electron chi connectivity index (χ0n) is 16.1. The molecule has 28 heavy (non-hydrogen) atoms. The molecule has 1 aliphatic carbocycles. The molecule has 0 aromatic heterocycles. The van der Waals surface area contributed by atoms with E-state index in [2.05, 4.69) is 10.6 Å². The monoisotopic (exact) mass is 388 g/mol. The number of carbonyl (C=O) groups is 3. The van der Waals surface area contributed by atoms with Gasteiger partial charge in [0, 0.05) is 6.04 Å². The molecule has 0 spiro atoms. The van der Waals surface area contributed by atoms with Crippen LogP contribution < -0.4 is 10.6 Å². The summed E-state index contributed by atoms with van der Waals surface area (Å²) in [5.74, 6) is -2.19. The van der Waals surface area contributed by atoms with Gasteiger partial charge in [0.25, 0.3) is 0 Å². The Kier molecular flexibility index (Phi) is 6.80. The second-order valence-corrected chi connectivity index (χ2v) is 7.76. The van der Waals surface area contributed by atoms with Crippen LogP contribution >= 0.6 is 0 Å². The highest BCUT2D eigenvalue weighted by atomic mass is 16.6. The van der Waals surface area contributed by atoms with Crippen LogP contribution in [0.15, 0.2) is 30.3 Å². The topological polar surface area (TPSA) is 105 Å². The first-order chi connectivity index (χ1) is 13.5. The summed E-state index contributed by atoms with van der Waals surface area (Å²) in [6.45, 7) is 1.94. The molecule has 0 radical (unpaired) electrons. The Hall–Kier alpha value is -2.25. The van der Waals surface area contributed by atoms with E-state index in [9.17, 15) is 19.5 Å². The molecule has 1 aromatic rings. The lowest BCUT2D eigenvalue weighted by Gasteiger charge is -2.17. The van der Waals surface area contributed by atoms with Crippen molar-refractivity contribution >= 4 is 17.9 Å². The average molecular weight is 388 g/mol. The van der Waals surface area contributed by atoms with Crippen molar-refractivity contribution in [1.82, 2.24) is 10.6 Å². The highest BCUT2D eigenvalue weighted by Crippen LogP contribution is 2.34. The van der Waals surface area contributed by atoms with Crippen LogP contribution in [0.1, 0.15) is 50.5 Å². The molecular weight excluding hydrogens is 360 g/mol. The first-order valence-electron chi connectivity index (χ1n) is 9.98. The number of nitrogens with one attached hydrogen (secondary N) is 2. The van der Waals surface area contributed by atoms with Gasteiger partial charge in [0.2, 0.25) is 0 Å². The molecule has 0 amide bonds. The fourth-order valence-electron chi connectivity index (χ4n) is 4.24. The van der Waals surface area contributed by atoms with Crippen molar-refractivity contribution < 1.29 is 24.2 Å². The first-order valence-corrected chi connectivity index (χ1v) is 9.98. The fraction of sp³-hybridized carbons (Fsp3) is 0.571. The van der Waals surface area contributed by atoms with Crippen LogP contribution in [-0.4, -0.2) is 47.7 Å². The normalized spacial score (nSPS) is 25.7. The van der Waals surface area contributed by atoms with Crippen LogP contribution in [-0.2, 0) is 19.1 Å². The van der Waals surface area contributed by atoms with Crippen molar-refractivity contribution in [2.45, 2.75) is 63.1 Å². The molecule has 7 nitrogen and oxygen atoms in total. The predicted molar refractivity (Wildman–Crippen MR) is 103 cm³/mol. The van der Waals surface area contributed by atoms with Crippen molar-refractivity contribution in [3.8, 4) is 0 Å². The number of carboxylic acid groups (broad SMARTS) is 1. The maximum Gasteiger partial charge on any atom is 0.330 e. The van der Waals surface area contributed by atoms with E-state index < -0.39 is 35.9 Å². The maximum atomic E-state index is 12.2. The van der Waals surface area contributed by atoms with E-state index in [-0.39, 0.29) is 0 Å². The van der Waals surface area contributed by atoms with Gasteiger partial charge in [0.15, 0.2) is 0 Å². The smallest absolute Gasteiger partial charge is 0.330 e. The molecule has 2 aliphatic rings. The largest absolute Gasteiger partial charge is 0.481 e. The number of rotatable bonds is 8. The van der Waals surface area contributed by atoms with Crippen molar-refractivity contribution in [3.05, 3.63) is 35.9 Å². The number of hydrogen-bond acceptors (Lipinski definition) is 6. The van der Waals surface area contributed by atoms with E-state index in [0.717, 1.165) is 24.8 Å². The highest BCUT2D eigenvalue weighted by molar-refractivity contribution is 5.90. The number of aliphatic carboxylic acids is 1. The van der Waals surface area contributed by atoms with Gasteiger partial charge in [-0.25, -0.2) is 9.59 Å². The van der Waals surface area contributed by atoms with Crippen LogP contribution in [0.3, 0.4) is 0 Å². The summed E-state index contributed by atoms with van der Waals surface area (Å²) in [5.41, 5.74) is 0.722. The quantitative estimate of drug-likeness (QED) is 0.461. The molecule has 1 heterocycles. The van der Waals surface area contributed by atoms with Gasteiger partial charge < -0.3 is 20.5 Å². The summed E-state index contributed by atoms with van der Waals surface area (Å²) in [6.07, 6.45) is 4.45. The predicted octanol–water partition coefficient (Wildman–Crippen LogP) is 1.82. The van der Waals surface area contributed by atoms with Crippen molar-refractivity contribution in [2.24, 2.45) is 5.92 Å². The number of carbonyl (C=O) groups excluding carboxylic acids is 2. The van der Waals surface area contributed by atoms with E-state index in [4.69, 9.17) is 4.74 Å². The molecule has 1 saturated carbocycles. The molecular formula is C21H28N2O5. The summed E-state index contributed by atoms with van der Waals surface area (Å²) in [4.78, 5) is 35.9. The zero-order chi connectivity index (χ0) is 20.1. The zero-order valence-corrected chi connectivity index (χ0v) is 16.1. The fourth-order valence-corrected chi connectivity index (χ4v) is 4.24. The van der Waals surface area contributed by atoms with Gasteiger partial charge in [0.1, 0.15) is 12.1 Å². The third-order valence-corrected chi connectivity index (χ3v) is 5.84. The number of ether oxygens (including phenoxy) is 1. The van der Waals surface area contributed by atoms with E-state index in [1.54, 1.807) is 31.2 Å².